The summed E-state index contributed by atoms with van der Waals surface area (Å²) < 4.78 is 10.6. The quantitative estimate of drug-likeness (QED) is 0.640. The maximum absolute atomic E-state index is 10.8. The third-order valence-corrected chi connectivity index (χ3v) is 2.17. The Morgan fingerprint density at radius 2 is 2.42 bits per heavy atom. The number of hydrogen-bond donors (Lipinski definition) is 0. The van der Waals surface area contributed by atoms with Crippen molar-refractivity contribution in [3.8, 4) is 0 Å². The van der Waals surface area contributed by atoms with Crippen LogP contribution >= 0.6 is 0 Å². The van der Waals surface area contributed by atoms with Crippen molar-refractivity contribution in [3.05, 3.63) is 0 Å². The van der Waals surface area contributed by atoms with E-state index >= 15 is 0 Å². The second kappa shape index (κ2) is 4.58. The highest BCUT2D eigenvalue weighted by Crippen LogP contribution is 2.18. The molecule has 1 aliphatic rings. The van der Waals surface area contributed by atoms with Crippen molar-refractivity contribution in [2.45, 2.75) is 38.4 Å². The van der Waals surface area contributed by atoms with Gasteiger partial charge in [0.1, 0.15) is 5.78 Å². The third kappa shape index (κ3) is 2.91. The number of carbonyl (C=O) groups is 1. The molecular weight excluding hydrogens is 156 g/mol. The average Bonchev–Trinajstić information content (AvgIpc) is 2.03. The highest BCUT2D eigenvalue weighted by atomic mass is 16.5. The molecule has 0 amide bonds. The molecular formula is C9H16O3. The fourth-order valence-corrected chi connectivity index (χ4v) is 1.52. The normalized spacial score (nSPS) is 30.2. The molecule has 1 aliphatic heterocycles. The predicted octanol–water partition coefficient (Wildman–Crippen LogP) is 1.16. The van der Waals surface area contributed by atoms with Crippen molar-refractivity contribution in [2.24, 2.45) is 0 Å². The van der Waals surface area contributed by atoms with Gasteiger partial charge in [-0.25, -0.2) is 0 Å². The van der Waals surface area contributed by atoms with E-state index in [0.717, 1.165) is 19.4 Å². The zero-order chi connectivity index (χ0) is 8.97. The van der Waals surface area contributed by atoms with Crippen LogP contribution < -0.4 is 0 Å². The number of ketones is 1. The summed E-state index contributed by atoms with van der Waals surface area (Å²) in [6.07, 6.45) is 2.70. The van der Waals surface area contributed by atoms with Crippen LogP contribution in [-0.4, -0.2) is 31.7 Å². The fourth-order valence-electron chi connectivity index (χ4n) is 1.52. The van der Waals surface area contributed by atoms with Gasteiger partial charge >= 0.3 is 0 Å². The molecule has 12 heavy (non-hydrogen) atoms. The molecule has 0 spiro atoms. The lowest BCUT2D eigenvalue weighted by atomic mass is 10.0. The molecule has 0 radical (unpaired) electrons. The Hall–Kier alpha value is -0.410. The largest absolute Gasteiger partial charge is 0.381 e. The molecule has 1 heterocycles. The van der Waals surface area contributed by atoms with Crippen molar-refractivity contribution in [1.82, 2.24) is 0 Å². The van der Waals surface area contributed by atoms with Crippen LogP contribution in [0.2, 0.25) is 0 Å². The van der Waals surface area contributed by atoms with E-state index in [9.17, 15) is 4.79 Å². The second-order valence-electron chi connectivity index (χ2n) is 3.28. The lowest BCUT2D eigenvalue weighted by Crippen LogP contribution is -2.31. The molecule has 0 aliphatic carbocycles. The minimum atomic E-state index is 0.0844. The van der Waals surface area contributed by atoms with Crippen LogP contribution in [0.15, 0.2) is 0 Å². The van der Waals surface area contributed by atoms with Crippen molar-refractivity contribution < 1.29 is 14.3 Å². The summed E-state index contributed by atoms with van der Waals surface area (Å²) in [6.45, 7) is 2.32. The molecule has 0 unspecified atom stereocenters. The van der Waals surface area contributed by atoms with Gasteiger partial charge in [0, 0.05) is 26.6 Å². The van der Waals surface area contributed by atoms with E-state index in [1.165, 1.54) is 0 Å². The molecule has 2 atom stereocenters. The van der Waals surface area contributed by atoms with Gasteiger partial charge in [-0.1, -0.05) is 0 Å². The van der Waals surface area contributed by atoms with Crippen LogP contribution in [-0.2, 0) is 14.3 Å². The van der Waals surface area contributed by atoms with E-state index in [1.54, 1.807) is 14.0 Å². The molecule has 0 N–H and O–H groups in total. The van der Waals surface area contributed by atoms with Crippen molar-refractivity contribution in [2.75, 3.05) is 13.7 Å². The maximum atomic E-state index is 10.8. The summed E-state index contributed by atoms with van der Waals surface area (Å²) >= 11 is 0. The van der Waals surface area contributed by atoms with Gasteiger partial charge in [-0.05, 0) is 13.3 Å². The predicted molar refractivity (Wildman–Crippen MR) is 45.1 cm³/mol. The lowest BCUT2D eigenvalue weighted by molar-refractivity contribution is -0.123. The van der Waals surface area contributed by atoms with Crippen LogP contribution in [0.4, 0.5) is 0 Å². The molecule has 0 bridgehead atoms. The van der Waals surface area contributed by atoms with Gasteiger partial charge in [0.15, 0.2) is 0 Å². The van der Waals surface area contributed by atoms with Gasteiger partial charge in [0.2, 0.25) is 0 Å². The first kappa shape index (κ1) is 9.68. The Balaban J connectivity index is 2.30. The van der Waals surface area contributed by atoms with E-state index in [4.69, 9.17) is 9.47 Å². The van der Waals surface area contributed by atoms with Crippen molar-refractivity contribution in [1.29, 1.82) is 0 Å². The number of rotatable bonds is 3. The van der Waals surface area contributed by atoms with Crippen LogP contribution in [0.1, 0.15) is 26.2 Å². The molecule has 0 aromatic heterocycles. The summed E-state index contributed by atoms with van der Waals surface area (Å²) in [5, 5.41) is 0. The number of methoxy groups -OCH3 is 1. The number of hydrogen-bond acceptors (Lipinski definition) is 3. The molecule has 0 saturated carbocycles. The highest BCUT2D eigenvalue weighted by molar-refractivity contribution is 5.75. The molecule has 0 aromatic carbocycles. The van der Waals surface area contributed by atoms with E-state index in [1.807, 2.05) is 0 Å². The number of carbonyl (C=O) groups excluding carboxylic acids is 1. The lowest BCUT2D eigenvalue weighted by Gasteiger charge is -2.27. The summed E-state index contributed by atoms with van der Waals surface area (Å²) in [4.78, 5) is 10.8. The van der Waals surface area contributed by atoms with Gasteiger partial charge in [0.05, 0.1) is 12.2 Å². The first-order valence-electron chi connectivity index (χ1n) is 4.36. The smallest absolute Gasteiger partial charge is 0.132 e. The zero-order valence-corrected chi connectivity index (χ0v) is 7.71. The number of Topliss-reactive ketones (excluding diaryl/α,β-unsaturated/α-hetero) is 1. The SMILES string of the molecule is CO[C@H]1CCO[C@@H](CC(C)=O)C1. The van der Waals surface area contributed by atoms with Crippen molar-refractivity contribution >= 4 is 5.78 Å². The standard InChI is InChI=1S/C9H16O3/c1-7(10)5-9-6-8(11-2)3-4-12-9/h8-9H,3-6H2,1-2H3/t8-,9-/m0/s1. The van der Waals surface area contributed by atoms with Crippen LogP contribution in [0.3, 0.4) is 0 Å². The Bertz CT molecular complexity index is 156. The minimum absolute atomic E-state index is 0.0844. The Labute approximate surface area is 73.0 Å². The molecule has 3 heteroatoms. The molecule has 0 aromatic rings. The second-order valence-corrected chi connectivity index (χ2v) is 3.28. The molecule has 1 rings (SSSR count). The van der Waals surface area contributed by atoms with Gasteiger partial charge in [0.25, 0.3) is 0 Å². The minimum Gasteiger partial charge on any atom is -0.381 e. The Morgan fingerprint density at radius 1 is 1.67 bits per heavy atom. The highest BCUT2D eigenvalue weighted by Gasteiger charge is 2.22. The van der Waals surface area contributed by atoms with Crippen LogP contribution in [0.25, 0.3) is 0 Å². The average molecular weight is 172 g/mol. The maximum Gasteiger partial charge on any atom is 0.132 e. The van der Waals surface area contributed by atoms with Gasteiger partial charge in [-0.15, -0.1) is 0 Å². The molecule has 3 nitrogen and oxygen atoms in total. The zero-order valence-electron chi connectivity index (χ0n) is 7.71. The topological polar surface area (TPSA) is 35.5 Å². The fraction of sp³-hybridized carbons (Fsp3) is 0.889. The van der Waals surface area contributed by atoms with E-state index in [-0.39, 0.29) is 18.0 Å². The monoisotopic (exact) mass is 172 g/mol. The summed E-state index contributed by atoms with van der Waals surface area (Å²) in [7, 11) is 1.71. The first-order valence-corrected chi connectivity index (χ1v) is 4.36. The molecule has 1 fully saturated rings. The van der Waals surface area contributed by atoms with E-state index in [0.29, 0.717) is 6.42 Å². The Kier molecular flexibility index (Phi) is 3.69. The van der Waals surface area contributed by atoms with E-state index < -0.39 is 0 Å². The van der Waals surface area contributed by atoms with Gasteiger partial charge < -0.3 is 9.47 Å². The van der Waals surface area contributed by atoms with Gasteiger partial charge in [-0.3, -0.25) is 4.79 Å². The summed E-state index contributed by atoms with van der Waals surface area (Å²) in [5.41, 5.74) is 0. The van der Waals surface area contributed by atoms with Crippen LogP contribution in [0.5, 0.6) is 0 Å². The third-order valence-electron chi connectivity index (χ3n) is 2.17. The molecule has 70 valence electrons. The number of ether oxygens (including phenoxy) is 2. The van der Waals surface area contributed by atoms with Gasteiger partial charge in [-0.2, -0.15) is 0 Å². The molecule has 1 saturated heterocycles. The van der Waals surface area contributed by atoms with Crippen LogP contribution in [0, 0.1) is 0 Å². The summed E-state index contributed by atoms with van der Waals surface area (Å²) in [6, 6.07) is 0. The first-order chi connectivity index (χ1) is 5.72. The van der Waals surface area contributed by atoms with Crippen molar-refractivity contribution in [3.63, 3.8) is 0 Å². The Morgan fingerprint density at radius 3 is 3.00 bits per heavy atom. The summed E-state index contributed by atoms with van der Waals surface area (Å²) in [5.74, 6) is 0.191. The van der Waals surface area contributed by atoms with E-state index in [2.05, 4.69) is 0 Å².